The zero-order valence-electron chi connectivity index (χ0n) is 19.3. The number of Topliss-reactive ketones (excluding diaryl/α,β-unsaturated/α-hetero) is 1. The minimum absolute atomic E-state index is 0.000365. The van der Waals surface area contributed by atoms with Gasteiger partial charge in [-0.15, -0.1) is 0 Å². The molecule has 22 heteroatoms. The highest BCUT2D eigenvalue weighted by atomic mass is 31.3. The Morgan fingerprint density at radius 1 is 1.08 bits per heavy atom. The summed E-state index contributed by atoms with van der Waals surface area (Å²) in [7, 11) is -17.0. The number of hydrogen-bond donors (Lipinski definition) is 7. The number of hydrogen-bond acceptors (Lipinski definition) is 14. The number of phosphoric ester groups is 1. The zero-order chi connectivity index (χ0) is 28.8. The van der Waals surface area contributed by atoms with E-state index in [0.29, 0.717) is 0 Å². The number of aromatic nitrogens is 4. The van der Waals surface area contributed by atoms with Crippen LogP contribution in [0.5, 0.6) is 0 Å². The maximum atomic E-state index is 13.5. The topological polar surface area (TPSA) is 302 Å². The van der Waals surface area contributed by atoms with Gasteiger partial charge in [-0.1, -0.05) is 12.1 Å². The fourth-order valence-electron chi connectivity index (χ4n) is 3.81. The first kappa shape index (κ1) is 29.4. The van der Waals surface area contributed by atoms with Gasteiger partial charge in [-0.2, -0.15) is 8.62 Å². The van der Waals surface area contributed by atoms with Crippen molar-refractivity contribution in [3.05, 3.63) is 42.5 Å². The lowest BCUT2D eigenvalue weighted by Gasteiger charge is -2.27. The van der Waals surface area contributed by atoms with Gasteiger partial charge in [0.05, 0.1) is 12.9 Å². The van der Waals surface area contributed by atoms with Crippen molar-refractivity contribution < 1.29 is 61.1 Å². The second-order valence-electron chi connectivity index (χ2n) is 8.09. The maximum Gasteiger partial charge on any atom is 0.490 e. The Morgan fingerprint density at radius 2 is 1.77 bits per heavy atom. The van der Waals surface area contributed by atoms with E-state index in [0.717, 1.165) is 6.33 Å². The number of para-hydroxylation sites is 1. The summed E-state index contributed by atoms with van der Waals surface area (Å²) in [5.41, 5.74) is 9.43. The molecule has 0 bridgehead atoms. The van der Waals surface area contributed by atoms with Crippen LogP contribution in [0.3, 0.4) is 0 Å². The minimum Gasteiger partial charge on any atom is -0.398 e. The summed E-state index contributed by atoms with van der Waals surface area (Å²) < 4.78 is 53.8. The Morgan fingerprint density at radius 3 is 2.44 bits per heavy atom. The van der Waals surface area contributed by atoms with Gasteiger partial charge in [-0.3, -0.25) is 13.9 Å². The molecule has 212 valence electrons. The summed E-state index contributed by atoms with van der Waals surface area (Å²) in [6.07, 6.45) is -1.03. The fraction of sp³-hybridized carbons (Fsp3) is 0.294. The molecule has 1 saturated heterocycles. The van der Waals surface area contributed by atoms with Crippen LogP contribution in [0, 0.1) is 0 Å². The smallest absolute Gasteiger partial charge is 0.398 e. The number of nitrogens with zero attached hydrogens (tertiary/aromatic N) is 4. The van der Waals surface area contributed by atoms with E-state index >= 15 is 0 Å². The van der Waals surface area contributed by atoms with Crippen LogP contribution in [-0.4, -0.2) is 68.3 Å². The molecular formula is C17H21N6O13P3. The largest absolute Gasteiger partial charge is 0.490 e. The highest BCUT2D eigenvalue weighted by molar-refractivity contribution is 7.66. The lowest BCUT2D eigenvalue weighted by molar-refractivity contribution is -0.0662. The van der Waals surface area contributed by atoms with Crippen LogP contribution in [0.2, 0.25) is 0 Å². The van der Waals surface area contributed by atoms with E-state index in [4.69, 9.17) is 26.0 Å². The summed E-state index contributed by atoms with van der Waals surface area (Å²) in [4.78, 5) is 62.0. The Hall–Kier alpha value is -2.63. The Kier molecular flexibility index (Phi) is 7.83. The van der Waals surface area contributed by atoms with Crippen LogP contribution >= 0.6 is 23.5 Å². The molecule has 5 atom stereocenters. The number of phosphoric acid groups is 3. The average molecular weight is 610 g/mol. The molecule has 9 N–H and O–H groups in total. The third kappa shape index (κ3) is 6.41. The fourth-order valence-corrected chi connectivity index (χ4v) is 6.83. The third-order valence-corrected chi connectivity index (χ3v) is 9.24. The first-order chi connectivity index (χ1) is 18.0. The monoisotopic (exact) mass is 610 g/mol. The molecule has 1 fully saturated rings. The summed E-state index contributed by atoms with van der Waals surface area (Å²) in [6, 6.07) is 5.74. The maximum absolute atomic E-state index is 13.5. The number of carbonyl (C=O) groups is 1. The number of fused-ring (bicyclic) bond motifs is 1. The molecule has 3 heterocycles. The van der Waals surface area contributed by atoms with Crippen molar-refractivity contribution in [1.29, 1.82) is 0 Å². The van der Waals surface area contributed by atoms with E-state index in [1.54, 1.807) is 6.07 Å². The van der Waals surface area contributed by atoms with Crippen molar-refractivity contribution in [2.24, 2.45) is 0 Å². The predicted octanol–water partition coefficient (Wildman–Crippen LogP) is 0.235. The van der Waals surface area contributed by atoms with Crippen LogP contribution in [0.4, 0.5) is 11.5 Å². The van der Waals surface area contributed by atoms with Crippen LogP contribution < -0.4 is 11.5 Å². The Labute approximate surface area is 217 Å². The molecule has 1 aliphatic rings. The second-order valence-corrected chi connectivity index (χ2v) is 12.5. The zero-order valence-corrected chi connectivity index (χ0v) is 22.0. The SMILES string of the molecule is Nc1ccccc1C(=O)[C@]1(O)C[C@H](n2cnc3c(N)ncnc32)O[C@@H]1COP(=O)(O)OP(=O)(O)OP(=O)(O)O. The molecule has 0 radical (unpaired) electrons. The summed E-state index contributed by atoms with van der Waals surface area (Å²) in [6.45, 7) is -1.11. The minimum atomic E-state index is -5.81. The number of nitrogen functional groups attached to an aromatic ring is 2. The van der Waals surface area contributed by atoms with Gasteiger partial charge in [0.25, 0.3) is 0 Å². The number of rotatable bonds is 10. The van der Waals surface area contributed by atoms with Gasteiger partial charge >= 0.3 is 23.5 Å². The number of carbonyl (C=O) groups excluding carboxylic acids is 1. The van der Waals surface area contributed by atoms with Gasteiger partial charge in [0.15, 0.2) is 22.8 Å². The molecule has 0 spiro atoms. The van der Waals surface area contributed by atoms with E-state index in [1.165, 1.54) is 29.1 Å². The first-order valence-corrected chi connectivity index (χ1v) is 15.0. The number of anilines is 2. The van der Waals surface area contributed by atoms with Gasteiger partial charge < -0.3 is 40.9 Å². The number of ether oxygens (including phenoxy) is 1. The summed E-state index contributed by atoms with van der Waals surface area (Å²) >= 11 is 0. The number of imidazole rings is 1. The van der Waals surface area contributed by atoms with E-state index in [2.05, 4.69) is 28.1 Å². The van der Waals surface area contributed by atoms with Crippen molar-refractivity contribution in [3.63, 3.8) is 0 Å². The molecule has 2 aromatic heterocycles. The molecular weight excluding hydrogens is 589 g/mol. The molecule has 0 aliphatic carbocycles. The van der Waals surface area contributed by atoms with Crippen molar-refractivity contribution in [2.75, 3.05) is 18.1 Å². The number of benzene rings is 1. The molecule has 4 rings (SSSR count). The Bertz CT molecular complexity index is 1560. The molecule has 19 nitrogen and oxygen atoms in total. The molecule has 39 heavy (non-hydrogen) atoms. The van der Waals surface area contributed by atoms with Crippen molar-refractivity contribution >= 4 is 51.9 Å². The number of aliphatic hydroxyl groups is 1. The van der Waals surface area contributed by atoms with E-state index in [-0.39, 0.29) is 28.2 Å². The van der Waals surface area contributed by atoms with E-state index < -0.39 is 60.2 Å². The van der Waals surface area contributed by atoms with Crippen LogP contribution in [0.1, 0.15) is 23.0 Å². The summed E-state index contributed by atoms with van der Waals surface area (Å²) in [5.74, 6) is -0.925. The van der Waals surface area contributed by atoms with Gasteiger partial charge in [0.1, 0.15) is 24.2 Å². The van der Waals surface area contributed by atoms with Gasteiger partial charge in [-0.05, 0) is 12.1 Å². The highest BCUT2D eigenvalue weighted by Gasteiger charge is 2.55. The van der Waals surface area contributed by atoms with Crippen molar-refractivity contribution in [3.8, 4) is 0 Å². The Balaban J connectivity index is 1.64. The predicted molar refractivity (Wildman–Crippen MR) is 128 cm³/mol. The summed E-state index contributed by atoms with van der Waals surface area (Å²) in [5, 5.41) is 11.5. The highest BCUT2D eigenvalue weighted by Crippen LogP contribution is 2.66. The molecule has 2 unspecified atom stereocenters. The second kappa shape index (κ2) is 10.4. The molecule has 1 aliphatic heterocycles. The van der Waals surface area contributed by atoms with E-state index in [9.17, 15) is 33.4 Å². The number of ketones is 1. The average Bonchev–Trinajstić information content (AvgIpc) is 3.38. The molecule has 0 saturated carbocycles. The first-order valence-electron chi connectivity index (χ1n) is 10.5. The van der Waals surface area contributed by atoms with Crippen LogP contribution in [-0.2, 0) is 31.6 Å². The normalized spacial score (nSPS) is 24.8. The van der Waals surface area contributed by atoms with Crippen LogP contribution in [0.15, 0.2) is 36.9 Å². The third-order valence-electron chi connectivity index (χ3n) is 5.44. The van der Waals surface area contributed by atoms with Gasteiger partial charge in [-0.25, -0.2) is 28.6 Å². The molecule has 0 amide bonds. The lowest BCUT2D eigenvalue weighted by Crippen LogP contribution is -2.48. The van der Waals surface area contributed by atoms with Gasteiger partial charge in [0, 0.05) is 17.7 Å². The van der Waals surface area contributed by atoms with Crippen LogP contribution in [0.25, 0.3) is 11.2 Å². The van der Waals surface area contributed by atoms with Crippen molar-refractivity contribution in [2.45, 2.75) is 24.4 Å². The molecule has 1 aromatic carbocycles. The van der Waals surface area contributed by atoms with E-state index in [1.807, 2.05) is 0 Å². The molecule has 3 aromatic rings. The number of nitrogens with two attached hydrogens (primary N) is 2. The standard InChI is InChI=1S/C17H21N6O13P3/c18-10-4-2-1-3-9(10)14(24)17(25)5-12(23-8-22-13-15(19)20-7-21-16(13)23)34-11(17)6-33-38(29,30)36-39(31,32)35-37(26,27)28/h1-4,7-8,11-12,25H,5-6,18H2,(H,29,30)(H,31,32)(H2,19,20,21)(H2,26,27,28)/t11-,12-,17+/m1/s1. The van der Waals surface area contributed by atoms with Gasteiger partial charge in [0.2, 0.25) is 0 Å². The quantitative estimate of drug-likeness (QED) is 0.0918. The van der Waals surface area contributed by atoms with Crippen molar-refractivity contribution in [1.82, 2.24) is 19.5 Å². The lowest BCUT2D eigenvalue weighted by atomic mass is 9.86.